The number of hydrogen-bond donors (Lipinski definition) is 1. The van der Waals surface area contributed by atoms with Crippen molar-refractivity contribution in [2.45, 2.75) is 57.0 Å². The molecule has 4 heteroatoms. The summed E-state index contributed by atoms with van der Waals surface area (Å²) in [5, 5.41) is 2.62. The average Bonchev–Trinajstić information content (AvgIpc) is 2.45. The molecule has 0 aliphatic heterocycles. The molecule has 4 atom stereocenters. The summed E-state index contributed by atoms with van der Waals surface area (Å²) >= 11 is 0. The van der Waals surface area contributed by atoms with Gasteiger partial charge in [-0.15, -0.1) is 0 Å². The zero-order valence-corrected chi connectivity index (χ0v) is 12.6. The molecule has 0 aromatic carbocycles. The van der Waals surface area contributed by atoms with E-state index in [1.165, 1.54) is 31.8 Å². The molecular formula is C17H25NO3. The first kappa shape index (κ1) is 14.6. The van der Waals surface area contributed by atoms with Gasteiger partial charge in [0.1, 0.15) is 5.60 Å². The van der Waals surface area contributed by atoms with Crippen LogP contribution in [-0.2, 0) is 14.3 Å². The number of rotatable bonds is 5. The smallest absolute Gasteiger partial charge is 0.308 e. The van der Waals surface area contributed by atoms with Crippen molar-refractivity contribution < 1.29 is 14.3 Å². The van der Waals surface area contributed by atoms with Gasteiger partial charge in [0.2, 0.25) is 5.91 Å². The van der Waals surface area contributed by atoms with Crippen LogP contribution in [0.3, 0.4) is 0 Å². The predicted octanol–water partition coefficient (Wildman–Crippen LogP) is 2.58. The molecule has 0 saturated heterocycles. The Morgan fingerprint density at radius 2 is 2.10 bits per heavy atom. The number of esters is 1. The highest BCUT2D eigenvalue weighted by molar-refractivity contribution is 5.87. The Bertz CT molecular complexity index is 443. The molecule has 0 aromatic heterocycles. The van der Waals surface area contributed by atoms with Gasteiger partial charge in [-0.05, 0) is 62.4 Å². The topological polar surface area (TPSA) is 55.4 Å². The molecule has 1 N–H and O–H groups in total. The van der Waals surface area contributed by atoms with Gasteiger partial charge in [-0.3, -0.25) is 9.59 Å². The van der Waals surface area contributed by atoms with E-state index in [1.807, 2.05) is 0 Å². The second kappa shape index (κ2) is 5.82. The minimum atomic E-state index is -0.242. The summed E-state index contributed by atoms with van der Waals surface area (Å²) in [6, 6.07) is 0. The minimum Gasteiger partial charge on any atom is -0.459 e. The first-order valence-electron chi connectivity index (χ1n) is 8.22. The molecule has 116 valence electrons. The van der Waals surface area contributed by atoms with Crippen LogP contribution in [-0.4, -0.2) is 24.0 Å². The van der Waals surface area contributed by atoms with Gasteiger partial charge in [-0.2, -0.15) is 0 Å². The SMILES string of the molecule is C=CC(=O)NCCC(=O)OC12CCC3CCC(CC3C1)C2. The van der Waals surface area contributed by atoms with Gasteiger partial charge in [0.15, 0.2) is 0 Å². The van der Waals surface area contributed by atoms with Crippen LogP contribution in [0.5, 0.6) is 0 Å². The fourth-order valence-electron chi connectivity index (χ4n) is 4.77. The first-order chi connectivity index (χ1) is 10.1. The van der Waals surface area contributed by atoms with Gasteiger partial charge < -0.3 is 10.1 Å². The summed E-state index contributed by atoms with van der Waals surface area (Å²) in [4.78, 5) is 23.1. The predicted molar refractivity (Wildman–Crippen MR) is 79.4 cm³/mol. The Hall–Kier alpha value is -1.32. The number of amides is 1. The lowest BCUT2D eigenvalue weighted by Gasteiger charge is -2.54. The van der Waals surface area contributed by atoms with Crippen LogP contribution in [0.15, 0.2) is 12.7 Å². The Balaban J connectivity index is 1.53. The van der Waals surface area contributed by atoms with E-state index in [2.05, 4.69) is 11.9 Å². The van der Waals surface area contributed by atoms with Gasteiger partial charge in [0.05, 0.1) is 6.42 Å². The van der Waals surface area contributed by atoms with Crippen LogP contribution in [0.25, 0.3) is 0 Å². The van der Waals surface area contributed by atoms with Gasteiger partial charge in [-0.1, -0.05) is 13.0 Å². The van der Waals surface area contributed by atoms with E-state index in [9.17, 15) is 9.59 Å². The van der Waals surface area contributed by atoms with Crippen molar-refractivity contribution in [1.29, 1.82) is 0 Å². The normalized spacial score (nSPS) is 36.9. The van der Waals surface area contributed by atoms with E-state index in [0.717, 1.165) is 37.0 Å². The second-order valence-corrected chi connectivity index (χ2v) is 7.05. The Morgan fingerprint density at radius 1 is 1.24 bits per heavy atom. The largest absolute Gasteiger partial charge is 0.459 e. The standard InChI is InChI=1S/C17H25NO3/c1-2-15(19)18-8-6-16(20)21-17-7-5-13-4-3-12(10-17)9-14(13)11-17/h2,12-14H,1,3-11H2,(H,18,19). The summed E-state index contributed by atoms with van der Waals surface area (Å²) in [5.41, 5.74) is -0.190. The van der Waals surface area contributed by atoms with Crippen molar-refractivity contribution in [3.8, 4) is 0 Å². The number of carbonyl (C=O) groups excluding carboxylic acids is 2. The molecular weight excluding hydrogens is 266 g/mol. The molecule has 3 aliphatic carbocycles. The van der Waals surface area contributed by atoms with Crippen LogP contribution < -0.4 is 5.32 Å². The van der Waals surface area contributed by atoms with E-state index in [4.69, 9.17) is 4.74 Å². The average molecular weight is 291 g/mol. The Morgan fingerprint density at radius 3 is 2.90 bits per heavy atom. The van der Waals surface area contributed by atoms with Crippen molar-refractivity contribution in [2.75, 3.05) is 6.54 Å². The maximum atomic E-state index is 12.1. The molecule has 0 heterocycles. The fraction of sp³-hybridized carbons (Fsp3) is 0.765. The van der Waals surface area contributed by atoms with Crippen molar-refractivity contribution >= 4 is 11.9 Å². The molecule has 4 unspecified atom stereocenters. The molecule has 3 rings (SSSR count). The second-order valence-electron chi connectivity index (χ2n) is 7.05. The lowest BCUT2D eigenvalue weighted by molar-refractivity contribution is -0.180. The summed E-state index contributed by atoms with van der Waals surface area (Å²) in [6.45, 7) is 3.71. The molecule has 0 aromatic rings. The molecule has 0 radical (unpaired) electrons. The first-order valence-corrected chi connectivity index (χ1v) is 8.22. The van der Waals surface area contributed by atoms with Crippen LogP contribution in [0.1, 0.15) is 51.4 Å². The maximum Gasteiger partial charge on any atom is 0.308 e. The van der Waals surface area contributed by atoms with Gasteiger partial charge in [-0.25, -0.2) is 0 Å². The number of carbonyl (C=O) groups is 2. The highest BCUT2D eigenvalue weighted by atomic mass is 16.6. The number of hydrogen-bond acceptors (Lipinski definition) is 3. The van der Waals surface area contributed by atoms with Crippen molar-refractivity contribution in [3.63, 3.8) is 0 Å². The maximum absolute atomic E-state index is 12.1. The molecule has 3 aliphatic rings. The van der Waals surface area contributed by atoms with Gasteiger partial charge in [0, 0.05) is 6.54 Å². The Labute approximate surface area is 126 Å². The van der Waals surface area contributed by atoms with Gasteiger partial charge >= 0.3 is 5.97 Å². The highest BCUT2D eigenvalue weighted by Gasteiger charge is 2.51. The van der Waals surface area contributed by atoms with Crippen LogP contribution in [0.4, 0.5) is 0 Å². The highest BCUT2D eigenvalue weighted by Crippen LogP contribution is 2.55. The van der Waals surface area contributed by atoms with E-state index < -0.39 is 0 Å². The molecule has 21 heavy (non-hydrogen) atoms. The van der Waals surface area contributed by atoms with Crippen LogP contribution >= 0.6 is 0 Å². The summed E-state index contributed by atoms with van der Waals surface area (Å²) in [5.74, 6) is 2.00. The number of nitrogens with one attached hydrogen (secondary N) is 1. The number of ether oxygens (including phenoxy) is 1. The summed E-state index contributed by atoms with van der Waals surface area (Å²) in [7, 11) is 0. The zero-order valence-electron chi connectivity index (χ0n) is 12.6. The molecule has 1 amide bonds. The minimum absolute atomic E-state index is 0.169. The van der Waals surface area contributed by atoms with E-state index >= 15 is 0 Å². The van der Waals surface area contributed by atoms with Crippen molar-refractivity contribution in [1.82, 2.24) is 5.32 Å². The van der Waals surface area contributed by atoms with Crippen molar-refractivity contribution in [2.24, 2.45) is 17.8 Å². The molecule has 3 bridgehead atoms. The molecule has 0 spiro atoms. The van der Waals surface area contributed by atoms with Gasteiger partial charge in [0.25, 0.3) is 0 Å². The van der Waals surface area contributed by atoms with Crippen molar-refractivity contribution in [3.05, 3.63) is 12.7 Å². The molecule has 3 fully saturated rings. The summed E-state index contributed by atoms with van der Waals surface area (Å²) < 4.78 is 5.90. The molecule has 3 saturated carbocycles. The van der Waals surface area contributed by atoms with E-state index in [-0.39, 0.29) is 23.9 Å². The van der Waals surface area contributed by atoms with Crippen LogP contribution in [0.2, 0.25) is 0 Å². The number of fused-ring (bicyclic) bond motifs is 2. The van der Waals surface area contributed by atoms with E-state index in [0.29, 0.717) is 6.54 Å². The fourth-order valence-corrected chi connectivity index (χ4v) is 4.77. The summed E-state index contributed by atoms with van der Waals surface area (Å²) in [6.07, 6.45) is 9.89. The van der Waals surface area contributed by atoms with Crippen LogP contribution in [0, 0.1) is 17.8 Å². The third-order valence-electron chi connectivity index (χ3n) is 5.66. The lowest BCUT2D eigenvalue weighted by Crippen LogP contribution is -2.51. The third-order valence-corrected chi connectivity index (χ3v) is 5.66. The zero-order chi connectivity index (χ0) is 14.9. The van der Waals surface area contributed by atoms with E-state index in [1.54, 1.807) is 0 Å². The monoisotopic (exact) mass is 291 g/mol. The third kappa shape index (κ3) is 3.14. The quantitative estimate of drug-likeness (QED) is 0.625. The Kier molecular flexibility index (Phi) is 4.05. The lowest BCUT2D eigenvalue weighted by atomic mass is 9.56. The molecule has 4 nitrogen and oxygen atoms in total.